The van der Waals surface area contributed by atoms with Crippen molar-refractivity contribution in [1.29, 1.82) is 0 Å². The lowest BCUT2D eigenvalue weighted by Crippen LogP contribution is -2.49. The summed E-state index contributed by atoms with van der Waals surface area (Å²) in [4.78, 5) is 19.2. The molecule has 2 atom stereocenters. The van der Waals surface area contributed by atoms with Gasteiger partial charge in [-0.25, -0.2) is 8.42 Å². The van der Waals surface area contributed by atoms with Crippen molar-refractivity contribution in [3.8, 4) is 0 Å². The maximum absolute atomic E-state index is 12.9. The Bertz CT molecular complexity index is 821. The zero-order valence-electron chi connectivity index (χ0n) is 16.0. The van der Waals surface area contributed by atoms with E-state index < -0.39 is 10.0 Å². The highest BCUT2D eigenvalue weighted by Gasteiger charge is 2.63. The average molecular weight is 393 g/mol. The van der Waals surface area contributed by atoms with Crippen LogP contribution < -0.4 is 5.32 Å². The Balaban J connectivity index is 1.55. The van der Waals surface area contributed by atoms with Crippen LogP contribution in [-0.2, 0) is 14.8 Å². The van der Waals surface area contributed by atoms with Gasteiger partial charge in [0.15, 0.2) is 0 Å². The first-order valence-electron chi connectivity index (χ1n) is 9.65. The summed E-state index contributed by atoms with van der Waals surface area (Å²) in [5.41, 5.74) is -0.244. The number of sulfonamides is 1. The van der Waals surface area contributed by atoms with Crippen molar-refractivity contribution in [3.05, 3.63) is 24.5 Å². The number of fused-ring (bicyclic) bond motifs is 2. The van der Waals surface area contributed by atoms with Crippen molar-refractivity contribution in [2.75, 3.05) is 40.3 Å². The van der Waals surface area contributed by atoms with Crippen molar-refractivity contribution in [1.82, 2.24) is 19.5 Å². The number of rotatable bonds is 3. The van der Waals surface area contributed by atoms with E-state index in [-0.39, 0.29) is 21.6 Å². The first kappa shape index (κ1) is 18.8. The van der Waals surface area contributed by atoms with Crippen molar-refractivity contribution in [2.45, 2.75) is 30.6 Å². The van der Waals surface area contributed by atoms with Crippen LogP contribution in [0.2, 0.25) is 0 Å². The van der Waals surface area contributed by atoms with Crippen LogP contribution in [0.25, 0.3) is 0 Å². The number of hydrogen-bond donors (Lipinski definition) is 1. The number of piperidine rings is 1. The van der Waals surface area contributed by atoms with E-state index in [0.29, 0.717) is 19.0 Å². The fraction of sp³-hybridized carbons (Fsp3) is 0.684. The minimum absolute atomic E-state index is 0.0677. The van der Waals surface area contributed by atoms with E-state index in [1.807, 2.05) is 0 Å². The first-order chi connectivity index (χ1) is 12.8. The number of hydrogen-bond acceptors (Lipinski definition) is 5. The normalized spacial score (nSPS) is 31.1. The maximum atomic E-state index is 12.9. The van der Waals surface area contributed by atoms with Gasteiger partial charge in [-0.1, -0.05) is 0 Å². The van der Waals surface area contributed by atoms with Gasteiger partial charge in [0.2, 0.25) is 15.9 Å². The van der Waals surface area contributed by atoms with E-state index in [9.17, 15) is 13.2 Å². The highest BCUT2D eigenvalue weighted by Crippen LogP contribution is 2.62. The summed E-state index contributed by atoms with van der Waals surface area (Å²) in [6.45, 7) is 2.75. The van der Waals surface area contributed by atoms with Gasteiger partial charge in [-0.15, -0.1) is 0 Å². The largest absolute Gasteiger partial charge is 0.359 e. The van der Waals surface area contributed by atoms with Crippen LogP contribution in [-0.4, -0.2) is 68.8 Å². The van der Waals surface area contributed by atoms with E-state index in [1.54, 1.807) is 29.7 Å². The molecule has 148 valence electrons. The summed E-state index contributed by atoms with van der Waals surface area (Å²) in [6.07, 6.45) is 6.56. The van der Waals surface area contributed by atoms with Gasteiger partial charge in [0.05, 0.1) is 5.41 Å². The molecule has 0 unspecified atom stereocenters. The Kier molecular flexibility index (Phi) is 4.56. The van der Waals surface area contributed by atoms with E-state index in [4.69, 9.17) is 0 Å². The molecule has 8 heteroatoms. The van der Waals surface area contributed by atoms with Crippen molar-refractivity contribution < 1.29 is 13.2 Å². The lowest BCUT2D eigenvalue weighted by atomic mass is 9.66. The Morgan fingerprint density at radius 2 is 2.00 bits per heavy atom. The second kappa shape index (κ2) is 6.53. The van der Waals surface area contributed by atoms with Gasteiger partial charge in [-0.2, -0.15) is 4.31 Å². The first-order valence-corrected chi connectivity index (χ1v) is 11.1. The van der Waals surface area contributed by atoms with Crippen LogP contribution in [0.3, 0.4) is 0 Å². The summed E-state index contributed by atoms with van der Waals surface area (Å²) >= 11 is 0. The summed E-state index contributed by atoms with van der Waals surface area (Å²) in [7, 11) is 0.309. The summed E-state index contributed by atoms with van der Waals surface area (Å²) < 4.78 is 27.4. The predicted molar refractivity (Wildman–Crippen MR) is 101 cm³/mol. The molecule has 1 amide bonds. The van der Waals surface area contributed by atoms with Crippen LogP contribution in [0.15, 0.2) is 29.4 Å². The Morgan fingerprint density at radius 1 is 1.26 bits per heavy atom. The molecule has 1 aromatic heterocycles. The number of likely N-dealkylation sites (tertiary alicyclic amines) is 1. The van der Waals surface area contributed by atoms with Crippen molar-refractivity contribution in [3.63, 3.8) is 0 Å². The number of nitrogens with one attached hydrogen (secondary N) is 1. The highest BCUT2D eigenvalue weighted by atomic mass is 32.2. The number of carbonyl (C=O) groups excluding carboxylic acids is 1. The summed E-state index contributed by atoms with van der Waals surface area (Å²) in [6, 6.07) is 3.26. The molecule has 1 aromatic rings. The third-order valence-electron chi connectivity index (χ3n) is 7.19. The standard InChI is InChI=1S/C19H28N4O3S/c1-20-17(24)19-6-5-18(16(19)13-22(2)14-19)7-10-23(11-8-18)27(25,26)15-4-3-9-21-12-15/h3-4,9,12,16H,5-8,10-11,13-14H2,1-2H3,(H,20,24)/t16-,19+/m0/s1. The van der Waals surface area contributed by atoms with Crippen molar-refractivity contribution in [2.24, 2.45) is 16.7 Å². The lowest BCUT2D eigenvalue weighted by Gasteiger charge is -2.43. The summed E-state index contributed by atoms with van der Waals surface area (Å²) in [5, 5.41) is 2.89. The Labute approximate surface area is 161 Å². The number of amides is 1. The van der Waals surface area contributed by atoms with Crippen molar-refractivity contribution >= 4 is 15.9 Å². The van der Waals surface area contributed by atoms with Crippen LogP contribution in [0.5, 0.6) is 0 Å². The molecule has 1 aliphatic carbocycles. The van der Waals surface area contributed by atoms with Gasteiger partial charge in [0.25, 0.3) is 0 Å². The van der Waals surface area contributed by atoms with Gasteiger partial charge in [0, 0.05) is 45.6 Å². The molecule has 3 fully saturated rings. The SMILES string of the molecule is CNC(=O)[C@@]12CCC3(CCN(S(=O)(=O)c4cccnc4)CC3)[C@@H]1CN(C)C2. The minimum atomic E-state index is -3.50. The highest BCUT2D eigenvalue weighted by molar-refractivity contribution is 7.89. The van der Waals surface area contributed by atoms with Crippen LogP contribution in [0.4, 0.5) is 0 Å². The summed E-state index contributed by atoms with van der Waals surface area (Å²) in [5.74, 6) is 0.456. The van der Waals surface area contributed by atoms with Gasteiger partial charge < -0.3 is 10.2 Å². The minimum Gasteiger partial charge on any atom is -0.359 e. The average Bonchev–Trinajstić information content (AvgIpc) is 3.17. The molecule has 3 aliphatic rings. The molecule has 3 heterocycles. The molecule has 7 nitrogen and oxygen atoms in total. The third kappa shape index (κ3) is 2.80. The second-order valence-corrected chi connectivity index (χ2v) is 10.4. The van der Waals surface area contributed by atoms with E-state index in [2.05, 4.69) is 22.2 Å². The monoisotopic (exact) mass is 392 g/mol. The maximum Gasteiger partial charge on any atom is 0.244 e. The molecule has 1 spiro atoms. The molecular weight excluding hydrogens is 364 g/mol. The van der Waals surface area contributed by atoms with Gasteiger partial charge >= 0.3 is 0 Å². The fourth-order valence-corrected chi connectivity index (χ4v) is 7.24. The Hall–Kier alpha value is -1.51. The molecule has 0 bridgehead atoms. The molecule has 2 aliphatic heterocycles. The second-order valence-electron chi connectivity index (χ2n) is 8.44. The topological polar surface area (TPSA) is 82.6 Å². The zero-order chi connectivity index (χ0) is 19.3. The predicted octanol–water partition coefficient (Wildman–Crippen LogP) is 0.940. The molecule has 1 N–H and O–H groups in total. The van der Waals surface area contributed by atoms with Gasteiger partial charge in [-0.05, 0) is 56.2 Å². The molecule has 1 saturated carbocycles. The fourth-order valence-electron chi connectivity index (χ4n) is 5.83. The van der Waals surface area contributed by atoms with Gasteiger partial charge in [0.1, 0.15) is 4.90 Å². The van der Waals surface area contributed by atoms with E-state index >= 15 is 0 Å². The molecule has 2 saturated heterocycles. The molecule has 0 aromatic carbocycles. The van der Waals surface area contributed by atoms with Crippen LogP contribution >= 0.6 is 0 Å². The quantitative estimate of drug-likeness (QED) is 0.828. The molecule has 0 radical (unpaired) electrons. The lowest BCUT2D eigenvalue weighted by molar-refractivity contribution is -0.132. The van der Waals surface area contributed by atoms with E-state index in [1.165, 1.54) is 6.20 Å². The number of pyridine rings is 1. The smallest absolute Gasteiger partial charge is 0.244 e. The van der Waals surface area contributed by atoms with Crippen LogP contribution in [0, 0.1) is 16.7 Å². The third-order valence-corrected chi connectivity index (χ3v) is 9.07. The van der Waals surface area contributed by atoms with Crippen LogP contribution in [0.1, 0.15) is 25.7 Å². The zero-order valence-corrected chi connectivity index (χ0v) is 16.8. The molecule has 4 rings (SSSR count). The Morgan fingerprint density at radius 3 is 2.63 bits per heavy atom. The molecular formula is C19H28N4O3S. The number of carbonyl (C=O) groups is 1. The number of nitrogens with zero attached hydrogens (tertiary/aromatic N) is 3. The van der Waals surface area contributed by atoms with Gasteiger partial charge in [-0.3, -0.25) is 9.78 Å². The number of aromatic nitrogens is 1. The van der Waals surface area contributed by atoms with E-state index in [0.717, 1.165) is 38.8 Å². The molecule has 27 heavy (non-hydrogen) atoms.